The number of hydrogen-bond acceptors (Lipinski definition) is 1. The monoisotopic (exact) mass is 240 g/mol. The van der Waals surface area contributed by atoms with Gasteiger partial charge in [0.1, 0.15) is 0 Å². The average Bonchev–Trinajstić information content (AvgIpc) is 2.26. The Kier molecular flexibility index (Phi) is 2.64. The maximum Gasteiger partial charge on any atom is 0.384 e. The molecule has 0 atom stereocenters. The van der Waals surface area contributed by atoms with Crippen molar-refractivity contribution in [2.75, 3.05) is 0 Å². The van der Waals surface area contributed by atoms with Crippen LogP contribution in [-0.2, 0) is 0 Å². The lowest BCUT2D eigenvalue weighted by Crippen LogP contribution is -2.21. The molecule has 0 amide bonds. The Bertz CT molecular complexity index is 541. The normalized spacial score (nSPS) is 11.7. The lowest BCUT2D eigenvalue weighted by atomic mass is 10.0. The van der Waals surface area contributed by atoms with Crippen LogP contribution in [0.3, 0.4) is 0 Å². The maximum atomic E-state index is 12.7. The van der Waals surface area contributed by atoms with Crippen molar-refractivity contribution in [3.8, 4) is 0 Å². The van der Waals surface area contributed by atoms with E-state index in [2.05, 4.69) is 0 Å². The third kappa shape index (κ3) is 1.91. The SMILES string of the molecule is O=C(c1cccc2ccccc12)C(F)(F)Cl. The van der Waals surface area contributed by atoms with Gasteiger partial charge in [-0.3, -0.25) is 4.79 Å². The second kappa shape index (κ2) is 3.83. The Morgan fingerprint density at radius 1 is 1.06 bits per heavy atom. The van der Waals surface area contributed by atoms with Crippen LogP contribution in [0.2, 0.25) is 0 Å². The summed E-state index contributed by atoms with van der Waals surface area (Å²) in [7, 11) is 0. The van der Waals surface area contributed by atoms with E-state index in [0.29, 0.717) is 5.39 Å². The number of fused-ring (bicyclic) bond motifs is 1. The molecule has 0 heterocycles. The summed E-state index contributed by atoms with van der Waals surface area (Å²) in [4.78, 5) is 11.4. The Morgan fingerprint density at radius 2 is 1.69 bits per heavy atom. The van der Waals surface area contributed by atoms with Crippen molar-refractivity contribution in [1.29, 1.82) is 0 Å². The van der Waals surface area contributed by atoms with Crippen LogP contribution >= 0.6 is 11.6 Å². The van der Waals surface area contributed by atoms with Crippen LogP contribution in [-0.4, -0.2) is 11.2 Å². The fourth-order valence-corrected chi connectivity index (χ4v) is 1.68. The van der Waals surface area contributed by atoms with Crippen molar-refractivity contribution >= 4 is 28.2 Å². The molecule has 0 aliphatic carbocycles. The molecule has 0 bridgehead atoms. The van der Waals surface area contributed by atoms with Crippen molar-refractivity contribution in [1.82, 2.24) is 0 Å². The topological polar surface area (TPSA) is 17.1 Å². The number of carbonyl (C=O) groups is 1. The Morgan fingerprint density at radius 3 is 2.38 bits per heavy atom. The van der Waals surface area contributed by atoms with E-state index in [9.17, 15) is 13.6 Å². The predicted molar refractivity (Wildman–Crippen MR) is 59.1 cm³/mol. The van der Waals surface area contributed by atoms with E-state index in [0.717, 1.165) is 5.39 Å². The van der Waals surface area contributed by atoms with Gasteiger partial charge >= 0.3 is 5.38 Å². The van der Waals surface area contributed by atoms with Gasteiger partial charge in [0.25, 0.3) is 0 Å². The van der Waals surface area contributed by atoms with Crippen LogP contribution in [0.5, 0.6) is 0 Å². The van der Waals surface area contributed by atoms with E-state index in [4.69, 9.17) is 11.6 Å². The van der Waals surface area contributed by atoms with E-state index < -0.39 is 11.2 Å². The molecule has 2 rings (SSSR count). The average molecular weight is 241 g/mol. The Hall–Kier alpha value is -1.48. The predicted octanol–water partition coefficient (Wildman–Crippen LogP) is 3.85. The largest absolute Gasteiger partial charge is 0.384 e. The van der Waals surface area contributed by atoms with Gasteiger partial charge in [-0.25, -0.2) is 0 Å². The zero-order valence-electron chi connectivity index (χ0n) is 8.08. The first-order chi connectivity index (χ1) is 7.50. The highest BCUT2D eigenvalue weighted by molar-refractivity contribution is 6.36. The van der Waals surface area contributed by atoms with Gasteiger partial charge in [-0.05, 0) is 22.4 Å². The molecule has 0 saturated carbocycles. The van der Waals surface area contributed by atoms with Gasteiger partial charge in [-0.15, -0.1) is 0 Å². The summed E-state index contributed by atoms with van der Waals surface area (Å²) in [6, 6.07) is 11.5. The zero-order chi connectivity index (χ0) is 11.8. The van der Waals surface area contributed by atoms with Gasteiger partial charge in [0, 0.05) is 5.56 Å². The second-order valence-corrected chi connectivity index (χ2v) is 3.83. The van der Waals surface area contributed by atoms with Crippen LogP contribution in [0.15, 0.2) is 42.5 Å². The highest BCUT2D eigenvalue weighted by atomic mass is 35.5. The summed E-state index contributed by atoms with van der Waals surface area (Å²) in [5.41, 5.74) is -0.0573. The molecule has 1 nitrogen and oxygen atoms in total. The third-order valence-corrected chi connectivity index (χ3v) is 2.46. The summed E-state index contributed by atoms with van der Waals surface area (Å²) in [6.45, 7) is 0. The van der Waals surface area contributed by atoms with Crippen molar-refractivity contribution in [3.63, 3.8) is 0 Å². The van der Waals surface area contributed by atoms with Crippen LogP contribution < -0.4 is 0 Å². The number of carbonyl (C=O) groups excluding carboxylic acids is 1. The highest BCUT2D eigenvalue weighted by Gasteiger charge is 2.37. The van der Waals surface area contributed by atoms with Gasteiger partial charge in [-0.2, -0.15) is 8.78 Å². The maximum absolute atomic E-state index is 12.7. The molecule has 16 heavy (non-hydrogen) atoms. The van der Waals surface area contributed by atoms with Crippen molar-refractivity contribution in [2.24, 2.45) is 0 Å². The van der Waals surface area contributed by atoms with Gasteiger partial charge in [0.15, 0.2) is 0 Å². The van der Waals surface area contributed by atoms with E-state index in [1.165, 1.54) is 6.07 Å². The molecule has 2 aromatic carbocycles. The zero-order valence-corrected chi connectivity index (χ0v) is 8.84. The molecule has 0 N–H and O–H groups in total. The number of hydrogen-bond donors (Lipinski definition) is 0. The van der Waals surface area contributed by atoms with E-state index in [-0.39, 0.29) is 5.56 Å². The number of rotatable bonds is 2. The molecule has 4 heteroatoms. The fraction of sp³-hybridized carbons (Fsp3) is 0.0833. The minimum atomic E-state index is -3.86. The van der Waals surface area contributed by atoms with Crippen LogP contribution in [0.1, 0.15) is 10.4 Å². The molecule has 0 unspecified atom stereocenters. The van der Waals surface area contributed by atoms with Crippen molar-refractivity contribution in [3.05, 3.63) is 48.0 Å². The first kappa shape index (κ1) is 11.0. The smallest absolute Gasteiger partial charge is 0.286 e. The molecule has 0 aliphatic rings. The molecular formula is C12H7ClF2O. The number of ketones is 1. The molecule has 82 valence electrons. The summed E-state index contributed by atoms with van der Waals surface area (Å²) in [5.74, 6) is -1.37. The molecule has 0 aliphatic heterocycles. The first-order valence-corrected chi connectivity index (χ1v) is 4.97. The summed E-state index contributed by atoms with van der Waals surface area (Å²) in [5, 5.41) is -2.64. The van der Waals surface area contributed by atoms with Gasteiger partial charge < -0.3 is 0 Å². The highest BCUT2D eigenvalue weighted by Crippen LogP contribution is 2.28. The van der Waals surface area contributed by atoms with Gasteiger partial charge in [0.05, 0.1) is 0 Å². The molecule has 0 fully saturated rings. The van der Waals surface area contributed by atoms with E-state index in [1.807, 2.05) is 0 Å². The van der Waals surface area contributed by atoms with Crippen LogP contribution in [0, 0.1) is 0 Å². The molecule has 0 radical (unpaired) electrons. The molecule has 0 aromatic heterocycles. The fourth-order valence-electron chi connectivity index (χ4n) is 1.58. The number of alkyl halides is 3. The minimum absolute atomic E-state index is 0.0573. The van der Waals surface area contributed by atoms with Crippen molar-refractivity contribution < 1.29 is 13.6 Å². The lowest BCUT2D eigenvalue weighted by Gasteiger charge is -2.09. The number of halogens is 3. The first-order valence-electron chi connectivity index (χ1n) is 4.59. The Labute approximate surface area is 95.6 Å². The lowest BCUT2D eigenvalue weighted by molar-refractivity contribution is 0.0538. The number of Topliss-reactive ketones (excluding diaryl/α,β-unsaturated/α-hetero) is 1. The summed E-state index contributed by atoms with van der Waals surface area (Å²) >= 11 is 4.74. The summed E-state index contributed by atoms with van der Waals surface area (Å²) < 4.78 is 25.5. The van der Waals surface area contributed by atoms with Crippen molar-refractivity contribution in [2.45, 2.75) is 5.38 Å². The van der Waals surface area contributed by atoms with E-state index in [1.54, 1.807) is 36.4 Å². The molecule has 0 spiro atoms. The quantitative estimate of drug-likeness (QED) is 0.576. The van der Waals surface area contributed by atoms with Gasteiger partial charge in [-0.1, -0.05) is 42.5 Å². The summed E-state index contributed by atoms with van der Waals surface area (Å²) in [6.07, 6.45) is 0. The number of benzene rings is 2. The molecule has 2 aromatic rings. The van der Waals surface area contributed by atoms with E-state index >= 15 is 0 Å². The molecular weight excluding hydrogens is 234 g/mol. The Balaban J connectivity index is 2.66. The second-order valence-electron chi connectivity index (χ2n) is 3.35. The van der Waals surface area contributed by atoms with Gasteiger partial charge in [0.2, 0.25) is 5.78 Å². The molecule has 0 saturated heterocycles. The minimum Gasteiger partial charge on any atom is -0.286 e. The van der Waals surface area contributed by atoms with Crippen LogP contribution in [0.4, 0.5) is 8.78 Å². The third-order valence-electron chi connectivity index (χ3n) is 2.29. The van der Waals surface area contributed by atoms with Crippen LogP contribution in [0.25, 0.3) is 10.8 Å². The standard InChI is InChI=1S/C12H7ClF2O/c13-12(14,15)11(16)10-7-3-5-8-4-1-2-6-9(8)10/h1-7H.